The third kappa shape index (κ3) is 3.43. The second-order valence-electron chi connectivity index (χ2n) is 4.82. The van der Waals surface area contributed by atoms with Crippen LogP contribution in [0, 0.1) is 12.3 Å². The van der Waals surface area contributed by atoms with Crippen LogP contribution >= 0.6 is 24.4 Å². The molecule has 0 bridgehead atoms. The van der Waals surface area contributed by atoms with E-state index in [-0.39, 0.29) is 0 Å². The van der Waals surface area contributed by atoms with Crippen molar-refractivity contribution in [2.24, 2.45) is 5.41 Å². The van der Waals surface area contributed by atoms with Crippen LogP contribution in [0.5, 0.6) is 0 Å². The Morgan fingerprint density at radius 1 is 1.29 bits per heavy atom. The lowest BCUT2D eigenvalue weighted by atomic mass is 9.84. The number of hydrogen-bond acceptors (Lipinski definition) is 3. The fourth-order valence-electron chi connectivity index (χ4n) is 2.10. The molecular weight excluding hydrogens is 248 g/mol. The topological polar surface area (TPSA) is 9.23 Å². The van der Waals surface area contributed by atoms with Crippen LogP contribution in [0.4, 0.5) is 0 Å². The van der Waals surface area contributed by atoms with E-state index < -0.39 is 0 Å². The number of ether oxygens (including phenoxy) is 1. The maximum atomic E-state index is 5.46. The van der Waals surface area contributed by atoms with E-state index in [1.807, 2.05) is 11.8 Å². The second kappa shape index (κ2) is 6.17. The van der Waals surface area contributed by atoms with Crippen molar-refractivity contribution in [3.63, 3.8) is 0 Å². The van der Waals surface area contributed by atoms with Crippen LogP contribution in [0.25, 0.3) is 0 Å². The van der Waals surface area contributed by atoms with Gasteiger partial charge in [0.1, 0.15) is 0 Å². The minimum Gasteiger partial charge on any atom is -0.381 e. The summed E-state index contributed by atoms with van der Waals surface area (Å²) < 4.78 is 5.46. The van der Waals surface area contributed by atoms with Crippen LogP contribution in [-0.2, 0) is 4.74 Å². The highest BCUT2D eigenvalue weighted by atomic mass is 32.2. The molecule has 1 aliphatic heterocycles. The Morgan fingerprint density at radius 3 is 2.65 bits per heavy atom. The SMILES string of the molecule is Cc1ccccc1SCC1(CS)CCOCC1. The van der Waals surface area contributed by atoms with Crippen LogP contribution in [-0.4, -0.2) is 24.7 Å². The molecule has 17 heavy (non-hydrogen) atoms. The first kappa shape index (κ1) is 13.3. The molecule has 2 rings (SSSR count). The number of thiol groups is 1. The molecule has 0 amide bonds. The molecule has 1 aromatic rings. The molecule has 0 unspecified atom stereocenters. The summed E-state index contributed by atoms with van der Waals surface area (Å²) in [6, 6.07) is 8.61. The van der Waals surface area contributed by atoms with Gasteiger partial charge in [0.05, 0.1) is 0 Å². The molecule has 0 N–H and O–H groups in total. The fraction of sp³-hybridized carbons (Fsp3) is 0.571. The van der Waals surface area contributed by atoms with Crippen molar-refractivity contribution in [1.82, 2.24) is 0 Å². The van der Waals surface area contributed by atoms with Crippen LogP contribution < -0.4 is 0 Å². The molecule has 94 valence electrons. The van der Waals surface area contributed by atoms with Gasteiger partial charge in [0.15, 0.2) is 0 Å². The molecule has 0 atom stereocenters. The van der Waals surface area contributed by atoms with Gasteiger partial charge < -0.3 is 4.74 Å². The van der Waals surface area contributed by atoms with Gasteiger partial charge in [0.25, 0.3) is 0 Å². The maximum Gasteiger partial charge on any atom is 0.0471 e. The molecule has 1 aromatic carbocycles. The molecule has 1 nitrogen and oxygen atoms in total. The minimum atomic E-state index is 0.369. The van der Waals surface area contributed by atoms with Crippen molar-refractivity contribution in [3.8, 4) is 0 Å². The minimum absolute atomic E-state index is 0.369. The Hall–Kier alpha value is -0.120. The number of thioether (sulfide) groups is 1. The van der Waals surface area contributed by atoms with Crippen molar-refractivity contribution in [2.75, 3.05) is 24.7 Å². The molecule has 0 spiro atoms. The van der Waals surface area contributed by atoms with Gasteiger partial charge in [-0.05, 0) is 42.6 Å². The Labute approximate surface area is 114 Å². The summed E-state index contributed by atoms with van der Waals surface area (Å²) in [5.74, 6) is 2.12. The van der Waals surface area contributed by atoms with Gasteiger partial charge in [0, 0.05) is 23.9 Å². The van der Waals surface area contributed by atoms with Crippen LogP contribution in [0.2, 0.25) is 0 Å². The summed E-state index contributed by atoms with van der Waals surface area (Å²) in [5.41, 5.74) is 1.74. The van der Waals surface area contributed by atoms with Crippen molar-refractivity contribution >= 4 is 24.4 Å². The second-order valence-corrected chi connectivity index (χ2v) is 6.16. The first-order valence-corrected chi connectivity index (χ1v) is 7.75. The third-order valence-corrected chi connectivity index (χ3v) is 5.71. The Morgan fingerprint density at radius 2 is 2.00 bits per heavy atom. The molecule has 1 aliphatic rings. The molecule has 0 radical (unpaired) electrons. The first-order valence-electron chi connectivity index (χ1n) is 6.13. The molecule has 3 heteroatoms. The summed E-state index contributed by atoms with van der Waals surface area (Å²) in [5, 5.41) is 0. The van der Waals surface area contributed by atoms with Gasteiger partial charge >= 0.3 is 0 Å². The lowest BCUT2D eigenvalue weighted by Crippen LogP contribution is -2.33. The highest BCUT2D eigenvalue weighted by Crippen LogP contribution is 2.38. The van der Waals surface area contributed by atoms with Gasteiger partial charge in [-0.15, -0.1) is 11.8 Å². The summed E-state index contributed by atoms with van der Waals surface area (Å²) in [6.45, 7) is 3.98. The van der Waals surface area contributed by atoms with Gasteiger partial charge in [-0.3, -0.25) is 0 Å². The lowest BCUT2D eigenvalue weighted by molar-refractivity contribution is 0.0371. The zero-order valence-corrected chi connectivity index (χ0v) is 12.0. The number of aryl methyl sites for hydroxylation is 1. The predicted octanol–water partition coefficient (Wildman–Crippen LogP) is 3.81. The van der Waals surface area contributed by atoms with Crippen molar-refractivity contribution < 1.29 is 4.74 Å². The third-order valence-electron chi connectivity index (χ3n) is 3.52. The van der Waals surface area contributed by atoms with Crippen molar-refractivity contribution in [2.45, 2.75) is 24.7 Å². The van der Waals surface area contributed by atoms with E-state index in [1.54, 1.807) is 0 Å². The number of hydrogen-bond donors (Lipinski definition) is 1. The zero-order chi connectivity index (χ0) is 12.1. The summed E-state index contributed by atoms with van der Waals surface area (Å²) in [4.78, 5) is 1.40. The summed E-state index contributed by atoms with van der Waals surface area (Å²) in [7, 11) is 0. The number of rotatable bonds is 4. The van der Waals surface area contributed by atoms with Gasteiger partial charge in [-0.25, -0.2) is 0 Å². The smallest absolute Gasteiger partial charge is 0.0471 e. The average Bonchev–Trinajstić information content (AvgIpc) is 2.39. The van der Waals surface area contributed by atoms with Crippen LogP contribution in [0.3, 0.4) is 0 Å². The maximum absolute atomic E-state index is 5.46. The number of benzene rings is 1. The van der Waals surface area contributed by atoms with Crippen molar-refractivity contribution in [3.05, 3.63) is 29.8 Å². The largest absolute Gasteiger partial charge is 0.381 e. The Kier molecular flexibility index (Phi) is 4.83. The lowest BCUT2D eigenvalue weighted by Gasteiger charge is -2.35. The van der Waals surface area contributed by atoms with Gasteiger partial charge in [-0.2, -0.15) is 12.6 Å². The van der Waals surface area contributed by atoms with Gasteiger partial charge in [0.2, 0.25) is 0 Å². The van der Waals surface area contributed by atoms with E-state index in [0.29, 0.717) is 5.41 Å². The molecule has 1 fully saturated rings. The Balaban J connectivity index is 1.98. The first-order chi connectivity index (χ1) is 8.26. The van der Waals surface area contributed by atoms with E-state index in [0.717, 1.165) is 37.6 Å². The molecule has 1 saturated heterocycles. The zero-order valence-electron chi connectivity index (χ0n) is 10.3. The van der Waals surface area contributed by atoms with E-state index >= 15 is 0 Å². The normalized spacial score (nSPS) is 19.2. The predicted molar refractivity (Wildman–Crippen MR) is 78.2 cm³/mol. The van der Waals surface area contributed by atoms with Crippen molar-refractivity contribution in [1.29, 1.82) is 0 Å². The highest BCUT2D eigenvalue weighted by molar-refractivity contribution is 7.99. The van der Waals surface area contributed by atoms with E-state index in [1.165, 1.54) is 10.5 Å². The monoisotopic (exact) mass is 268 g/mol. The van der Waals surface area contributed by atoms with Crippen LogP contribution in [0.1, 0.15) is 18.4 Å². The average molecular weight is 268 g/mol. The molecule has 0 aromatic heterocycles. The Bertz CT molecular complexity index is 359. The quantitative estimate of drug-likeness (QED) is 0.657. The molecule has 0 saturated carbocycles. The van der Waals surface area contributed by atoms with E-state index in [2.05, 4.69) is 43.8 Å². The van der Waals surface area contributed by atoms with Crippen LogP contribution in [0.15, 0.2) is 29.2 Å². The highest BCUT2D eigenvalue weighted by Gasteiger charge is 2.31. The molecular formula is C14H20OS2. The fourth-order valence-corrected chi connectivity index (χ4v) is 4.00. The van der Waals surface area contributed by atoms with E-state index in [4.69, 9.17) is 4.74 Å². The summed E-state index contributed by atoms with van der Waals surface area (Å²) >= 11 is 6.53. The van der Waals surface area contributed by atoms with E-state index in [9.17, 15) is 0 Å². The molecule has 0 aliphatic carbocycles. The van der Waals surface area contributed by atoms with Gasteiger partial charge in [-0.1, -0.05) is 18.2 Å². The molecule has 1 heterocycles. The summed E-state index contributed by atoms with van der Waals surface area (Å²) in [6.07, 6.45) is 2.30. The standard InChI is InChI=1S/C14H20OS2/c1-12-4-2-3-5-13(12)17-11-14(10-16)6-8-15-9-7-14/h2-5,16H,6-11H2,1H3.